The summed E-state index contributed by atoms with van der Waals surface area (Å²) in [5.41, 5.74) is 1.37. The van der Waals surface area contributed by atoms with E-state index in [4.69, 9.17) is 9.47 Å². The molecular formula is C20H17NO5. The van der Waals surface area contributed by atoms with E-state index in [0.29, 0.717) is 22.3 Å². The second kappa shape index (κ2) is 5.69. The van der Waals surface area contributed by atoms with Crippen molar-refractivity contribution in [3.05, 3.63) is 70.8 Å². The molecule has 4 rings (SSSR count). The summed E-state index contributed by atoms with van der Waals surface area (Å²) in [6, 6.07) is 14.3. The van der Waals surface area contributed by atoms with Crippen LogP contribution in [-0.4, -0.2) is 32.1 Å². The number of esters is 2. The molecule has 0 bridgehead atoms. The molecule has 3 atom stereocenters. The third-order valence-corrected chi connectivity index (χ3v) is 5.34. The lowest BCUT2D eigenvalue weighted by atomic mass is 9.76. The van der Waals surface area contributed by atoms with Crippen molar-refractivity contribution in [1.29, 1.82) is 0 Å². The topological polar surface area (TPSA) is 81.7 Å². The maximum atomic E-state index is 12.8. The molecule has 0 aromatic heterocycles. The largest absolute Gasteiger partial charge is 0.469 e. The van der Waals surface area contributed by atoms with Crippen LogP contribution in [0.2, 0.25) is 0 Å². The molecule has 6 nitrogen and oxygen atoms in total. The Kier molecular flexibility index (Phi) is 3.57. The molecule has 2 aromatic carbocycles. The number of ether oxygens (including phenoxy) is 2. The van der Waals surface area contributed by atoms with Crippen molar-refractivity contribution in [2.45, 2.75) is 11.5 Å². The van der Waals surface area contributed by atoms with Gasteiger partial charge in [-0.15, -0.1) is 0 Å². The van der Waals surface area contributed by atoms with E-state index < -0.39 is 29.3 Å². The highest BCUT2D eigenvalue weighted by atomic mass is 16.5. The van der Waals surface area contributed by atoms with Crippen LogP contribution in [-0.2, 0) is 24.6 Å². The molecule has 1 amide bonds. The number of methoxy groups -OCH3 is 2. The molecule has 2 aliphatic rings. The first kappa shape index (κ1) is 16.3. The molecule has 0 radical (unpaired) electrons. The number of carbonyl (C=O) groups excluding carboxylic acids is 3. The number of amides is 1. The summed E-state index contributed by atoms with van der Waals surface area (Å²) in [4.78, 5) is 38.1. The van der Waals surface area contributed by atoms with Gasteiger partial charge >= 0.3 is 11.9 Å². The molecule has 6 heteroatoms. The normalized spacial score (nSPS) is 25.4. The molecular weight excluding hydrogens is 334 g/mol. The highest BCUT2D eigenvalue weighted by Gasteiger charge is 2.63. The Hall–Kier alpha value is -3.15. The first-order valence-corrected chi connectivity index (χ1v) is 8.23. The molecule has 132 valence electrons. The van der Waals surface area contributed by atoms with Crippen molar-refractivity contribution in [1.82, 2.24) is 5.32 Å². The van der Waals surface area contributed by atoms with Gasteiger partial charge in [-0.3, -0.25) is 14.4 Å². The molecule has 1 heterocycles. The highest BCUT2D eigenvalue weighted by molar-refractivity contribution is 6.03. The van der Waals surface area contributed by atoms with E-state index in [-0.39, 0.29) is 5.91 Å². The lowest BCUT2D eigenvalue weighted by molar-refractivity contribution is -0.155. The van der Waals surface area contributed by atoms with Gasteiger partial charge in [-0.25, -0.2) is 0 Å². The summed E-state index contributed by atoms with van der Waals surface area (Å²) in [5.74, 6) is -3.22. The van der Waals surface area contributed by atoms with Crippen LogP contribution < -0.4 is 5.32 Å². The monoisotopic (exact) mass is 351 g/mol. The Bertz CT molecular complexity index is 937. The fourth-order valence-electron chi connectivity index (χ4n) is 4.35. The van der Waals surface area contributed by atoms with Gasteiger partial charge in [0, 0.05) is 5.56 Å². The van der Waals surface area contributed by atoms with Gasteiger partial charge in [0.05, 0.1) is 20.1 Å². The van der Waals surface area contributed by atoms with Crippen LogP contribution in [0, 0.1) is 5.92 Å². The van der Waals surface area contributed by atoms with Gasteiger partial charge < -0.3 is 14.8 Å². The van der Waals surface area contributed by atoms with Crippen molar-refractivity contribution in [3.8, 4) is 0 Å². The number of carbonyl (C=O) groups is 3. The van der Waals surface area contributed by atoms with Crippen molar-refractivity contribution in [2.24, 2.45) is 5.92 Å². The smallest absolute Gasteiger partial charge is 0.314 e. The van der Waals surface area contributed by atoms with Crippen molar-refractivity contribution >= 4 is 17.8 Å². The predicted octanol–water partition coefficient (Wildman–Crippen LogP) is 1.73. The summed E-state index contributed by atoms with van der Waals surface area (Å²) in [5, 5.41) is 2.98. The van der Waals surface area contributed by atoms with Crippen LogP contribution in [0.5, 0.6) is 0 Å². The lowest BCUT2D eigenvalue weighted by Crippen LogP contribution is -2.49. The van der Waals surface area contributed by atoms with E-state index in [1.165, 1.54) is 14.2 Å². The van der Waals surface area contributed by atoms with Crippen LogP contribution in [0.25, 0.3) is 0 Å². The Labute approximate surface area is 150 Å². The van der Waals surface area contributed by atoms with Crippen molar-refractivity contribution in [2.75, 3.05) is 14.2 Å². The minimum Gasteiger partial charge on any atom is -0.469 e. The summed E-state index contributed by atoms with van der Waals surface area (Å²) in [7, 11) is 2.56. The quantitative estimate of drug-likeness (QED) is 0.834. The first-order valence-electron chi connectivity index (χ1n) is 8.23. The fraction of sp³-hybridized carbons (Fsp3) is 0.250. The minimum absolute atomic E-state index is 0.283. The third-order valence-electron chi connectivity index (χ3n) is 5.34. The molecule has 1 N–H and O–H groups in total. The van der Waals surface area contributed by atoms with Gasteiger partial charge in [0.25, 0.3) is 5.91 Å². The van der Waals surface area contributed by atoms with E-state index in [9.17, 15) is 14.4 Å². The van der Waals surface area contributed by atoms with E-state index in [1.807, 2.05) is 18.2 Å². The Morgan fingerprint density at radius 2 is 1.54 bits per heavy atom. The first-order chi connectivity index (χ1) is 12.6. The molecule has 26 heavy (non-hydrogen) atoms. The number of hydrogen-bond donors (Lipinski definition) is 1. The van der Waals surface area contributed by atoms with Gasteiger partial charge in [0.2, 0.25) is 0 Å². The number of nitrogens with one attached hydrogen (secondary N) is 1. The van der Waals surface area contributed by atoms with E-state index in [2.05, 4.69) is 5.32 Å². The number of benzene rings is 2. The second-order valence-electron chi connectivity index (χ2n) is 6.40. The average Bonchev–Trinajstić information content (AvgIpc) is 3.14. The molecule has 3 unspecified atom stereocenters. The maximum absolute atomic E-state index is 12.8. The standard InChI is InChI=1S/C20H17NO5/c1-25-18(23)15-11-7-3-5-9-13(11)20(16(15)19(24)26-2)14-10-6-4-8-12(14)17(22)21-20/h3-10,15-16H,1-2H3,(H,21,22). The number of hydrogen-bond acceptors (Lipinski definition) is 5. The Balaban J connectivity index is 2.06. The van der Waals surface area contributed by atoms with Crippen LogP contribution >= 0.6 is 0 Å². The summed E-state index contributed by atoms with van der Waals surface area (Å²) < 4.78 is 10.0. The second-order valence-corrected chi connectivity index (χ2v) is 6.40. The van der Waals surface area contributed by atoms with E-state index >= 15 is 0 Å². The molecule has 1 aliphatic carbocycles. The average molecular weight is 351 g/mol. The molecule has 1 aliphatic heterocycles. The highest BCUT2D eigenvalue weighted by Crippen LogP contribution is 2.56. The van der Waals surface area contributed by atoms with Crippen molar-refractivity contribution in [3.63, 3.8) is 0 Å². The lowest BCUT2D eigenvalue weighted by Gasteiger charge is -2.33. The molecule has 1 spiro atoms. The van der Waals surface area contributed by atoms with E-state index in [1.54, 1.807) is 30.3 Å². The number of rotatable bonds is 2. The van der Waals surface area contributed by atoms with Crippen LogP contribution in [0.3, 0.4) is 0 Å². The van der Waals surface area contributed by atoms with Gasteiger partial charge in [-0.2, -0.15) is 0 Å². The maximum Gasteiger partial charge on any atom is 0.314 e. The summed E-state index contributed by atoms with van der Waals surface area (Å²) in [6.07, 6.45) is 0. The van der Waals surface area contributed by atoms with Crippen LogP contribution in [0.1, 0.15) is 33.0 Å². The summed E-state index contributed by atoms with van der Waals surface area (Å²) in [6.45, 7) is 0. The number of fused-ring (bicyclic) bond motifs is 4. The zero-order valence-corrected chi connectivity index (χ0v) is 14.3. The minimum atomic E-state index is -1.16. The SMILES string of the molecule is COC(=O)C1c2ccccc2C2(NC(=O)c3ccccc32)C1C(=O)OC. The van der Waals surface area contributed by atoms with Gasteiger partial charge in [0.1, 0.15) is 11.5 Å². The zero-order chi connectivity index (χ0) is 18.5. The Morgan fingerprint density at radius 1 is 0.923 bits per heavy atom. The van der Waals surface area contributed by atoms with Gasteiger partial charge in [-0.1, -0.05) is 42.5 Å². The Morgan fingerprint density at radius 3 is 2.23 bits per heavy atom. The molecule has 2 aromatic rings. The van der Waals surface area contributed by atoms with Crippen LogP contribution in [0.15, 0.2) is 48.5 Å². The fourth-order valence-corrected chi connectivity index (χ4v) is 4.35. The summed E-state index contributed by atoms with van der Waals surface area (Å²) >= 11 is 0. The van der Waals surface area contributed by atoms with Crippen molar-refractivity contribution < 1.29 is 23.9 Å². The predicted molar refractivity (Wildman–Crippen MR) is 91.4 cm³/mol. The molecule has 0 fully saturated rings. The molecule has 0 saturated heterocycles. The third kappa shape index (κ3) is 1.89. The van der Waals surface area contributed by atoms with Gasteiger partial charge in [-0.05, 0) is 22.8 Å². The molecule has 0 saturated carbocycles. The van der Waals surface area contributed by atoms with Gasteiger partial charge in [0.15, 0.2) is 0 Å². The van der Waals surface area contributed by atoms with E-state index in [0.717, 1.165) is 0 Å². The zero-order valence-electron chi connectivity index (χ0n) is 14.3. The van der Waals surface area contributed by atoms with Crippen LogP contribution in [0.4, 0.5) is 0 Å².